The Balaban J connectivity index is 1.99. The Labute approximate surface area is 162 Å². The molecule has 1 aliphatic rings. The number of carbonyl (C=O) groups excluding carboxylic acids is 2. The second-order valence-electron chi connectivity index (χ2n) is 6.25. The summed E-state index contributed by atoms with van der Waals surface area (Å²) in [6.07, 6.45) is 0.0500. The van der Waals surface area contributed by atoms with E-state index < -0.39 is 0 Å². The van der Waals surface area contributed by atoms with Gasteiger partial charge in [-0.15, -0.1) is 11.8 Å². The molecule has 3 rings (SSSR count). The minimum Gasteiger partial charge on any atom is -0.491 e. The third-order valence-corrected chi connectivity index (χ3v) is 4.96. The van der Waals surface area contributed by atoms with Crippen molar-refractivity contribution in [2.45, 2.75) is 20.0 Å². The van der Waals surface area contributed by atoms with Gasteiger partial charge < -0.3 is 9.84 Å². The third kappa shape index (κ3) is 4.07. The molecule has 140 valence electrons. The van der Waals surface area contributed by atoms with E-state index in [2.05, 4.69) is 0 Å². The summed E-state index contributed by atoms with van der Waals surface area (Å²) in [5.74, 6) is 0.330. The summed E-state index contributed by atoms with van der Waals surface area (Å²) in [5.41, 5.74) is 1.55. The van der Waals surface area contributed by atoms with E-state index in [0.717, 1.165) is 0 Å². The first-order chi connectivity index (χ1) is 13.0. The van der Waals surface area contributed by atoms with Crippen LogP contribution < -0.4 is 9.64 Å². The molecule has 1 N–H and O–H groups in total. The summed E-state index contributed by atoms with van der Waals surface area (Å²) in [4.78, 5) is 27.6. The zero-order valence-corrected chi connectivity index (χ0v) is 16.0. The van der Waals surface area contributed by atoms with Crippen LogP contribution in [-0.2, 0) is 9.59 Å². The Morgan fingerprint density at radius 2 is 1.67 bits per heavy atom. The second-order valence-corrected chi connectivity index (χ2v) is 7.35. The lowest BCUT2D eigenvalue weighted by molar-refractivity contribution is -0.119. The van der Waals surface area contributed by atoms with Crippen molar-refractivity contribution in [3.05, 3.63) is 65.1 Å². The fraction of sp³-hybridized carbons (Fsp3) is 0.238. The highest BCUT2D eigenvalue weighted by Crippen LogP contribution is 2.38. The van der Waals surface area contributed by atoms with Crippen molar-refractivity contribution >= 4 is 34.8 Å². The molecule has 0 aromatic heterocycles. The number of amides is 2. The number of carbonyl (C=O) groups is 2. The minimum absolute atomic E-state index is 0.0500. The van der Waals surface area contributed by atoms with E-state index in [1.165, 1.54) is 16.7 Å². The molecule has 27 heavy (non-hydrogen) atoms. The monoisotopic (exact) mass is 383 g/mol. The topological polar surface area (TPSA) is 66.8 Å². The van der Waals surface area contributed by atoms with Gasteiger partial charge >= 0.3 is 0 Å². The summed E-state index contributed by atoms with van der Waals surface area (Å²) < 4.78 is 5.65. The molecule has 2 aromatic rings. The van der Waals surface area contributed by atoms with Gasteiger partial charge in [0.05, 0.1) is 28.9 Å². The van der Waals surface area contributed by atoms with Gasteiger partial charge in [0.25, 0.3) is 11.8 Å². The largest absolute Gasteiger partial charge is 0.491 e. The number of aliphatic hydroxyl groups is 1. The summed E-state index contributed by atoms with van der Waals surface area (Å²) in [6.45, 7) is 3.81. The number of rotatable bonds is 7. The van der Waals surface area contributed by atoms with Gasteiger partial charge in [0, 0.05) is 5.75 Å². The van der Waals surface area contributed by atoms with E-state index in [1.54, 1.807) is 48.5 Å². The van der Waals surface area contributed by atoms with Crippen molar-refractivity contribution in [2.24, 2.45) is 0 Å². The van der Waals surface area contributed by atoms with Gasteiger partial charge in [-0.05, 0) is 43.7 Å². The molecule has 0 spiro atoms. The number of hydrogen-bond acceptors (Lipinski definition) is 5. The molecule has 0 unspecified atom stereocenters. The standard InChI is InChI=1S/C21H21NO4S/c1-14(2)26-17-10-8-15(9-11-17)18-19(27-13-12-23)21(25)22(20(18)24)16-6-4-3-5-7-16/h3-11,14,23H,12-13H2,1-2H3. The molecule has 2 aromatic carbocycles. The van der Waals surface area contributed by atoms with Gasteiger partial charge in [-0.25, -0.2) is 4.90 Å². The Kier molecular flexibility index (Phi) is 5.98. The number of anilines is 1. The summed E-state index contributed by atoms with van der Waals surface area (Å²) >= 11 is 1.20. The van der Waals surface area contributed by atoms with Gasteiger partial charge in [0.15, 0.2) is 0 Å². The summed E-state index contributed by atoms with van der Waals surface area (Å²) in [6, 6.07) is 16.0. The highest BCUT2D eigenvalue weighted by atomic mass is 32.2. The average Bonchev–Trinajstić information content (AvgIpc) is 2.91. The fourth-order valence-electron chi connectivity index (χ4n) is 2.83. The van der Waals surface area contributed by atoms with Crippen molar-refractivity contribution in [1.29, 1.82) is 0 Å². The fourth-order valence-corrected chi connectivity index (χ4v) is 3.69. The number of hydrogen-bond donors (Lipinski definition) is 1. The van der Waals surface area contributed by atoms with Crippen LogP contribution in [0.4, 0.5) is 5.69 Å². The molecule has 1 aliphatic heterocycles. The highest BCUT2D eigenvalue weighted by Gasteiger charge is 2.40. The zero-order chi connectivity index (χ0) is 19.4. The van der Waals surface area contributed by atoms with E-state index in [9.17, 15) is 9.59 Å². The van der Waals surface area contributed by atoms with Crippen LogP contribution >= 0.6 is 11.8 Å². The maximum Gasteiger partial charge on any atom is 0.272 e. The third-order valence-electron chi connectivity index (χ3n) is 3.91. The lowest BCUT2D eigenvalue weighted by atomic mass is 10.1. The Morgan fingerprint density at radius 3 is 2.26 bits per heavy atom. The van der Waals surface area contributed by atoms with Crippen LogP contribution in [-0.4, -0.2) is 35.4 Å². The highest BCUT2D eigenvalue weighted by molar-refractivity contribution is 8.04. The van der Waals surface area contributed by atoms with Crippen molar-refractivity contribution in [1.82, 2.24) is 0 Å². The minimum atomic E-state index is -0.359. The number of nitrogens with zero attached hydrogens (tertiary/aromatic N) is 1. The molecule has 0 saturated carbocycles. The predicted molar refractivity (Wildman–Crippen MR) is 108 cm³/mol. The van der Waals surface area contributed by atoms with Crippen molar-refractivity contribution < 1.29 is 19.4 Å². The Morgan fingerprint density at radius 1 is 1.00 bits per heavy atom. The van der Waals surface area contributed by atoms with Crippen molar-refractivity contribution in [2.75, 3.05) is 17.3 Å². The van der Waals surface area contributed by atoms with Crippen LogP contribution in [0.1, 0.15) is 19.4 Å². The number of ether oxygens (including phenoxy) is 1. The van der Waals surface area contributed by atoms with E-state index in [1.807, 2.05) is 19.9 Å². The average molecular weight is 383 g/mol. The molecule has 0 radical (unpaired) electrons. The first-order valence-corrected chi connectivity index (χ1v) is 9.70. The van der Waals surface area contributed by atoms with Crippen LogP contribution in [0.25, 0.3) is 5.57 Å². The Hall–Kier alpha value is -2.57. The first kappa shape index (κ1) is 19.2. The van der Waals surface area contributed by atoms with Gasteiger partial charge in [-0.2, -0.15) is 0 Å². The molecule has 1 heterocycles. The molecule has 5 nitrogen and oxygen atoms in total. The number of benzene rings is 2. The summed E-state index contributed by atoms with van der Waals surface area (Å²) in [5, 5.41) is 9.17. The van der Waals surface area contributed by atoms with Crippen LogP contribution in [0.15, 0.2) is 59.5 Å². The number of imide groups is 1. The van der Waals surface area contributed by atoms with E-state index in [0.29, 0.717) is 33.2 Å². The SMILES string of the molecule is CC(C)Oc1ccc(C2=C(SCCO)C(=O)N(c3ccccc3)C2=O)cc1. The quantitative estimate of drug-likeness (QED) is 0.742. The predicted octanol–water partition coefficient (Wildman–Crippen LogP) is 3.48. The number of aliphatic hydroxyl groups excluding tert-OH is 1. The normalized spacial score (nSPS) is 14.4. The molecular formula is C21H21NO4S. The van der Waals surface area contributed by atoms with Gasteiger partial charge in [-0.3, -0.25) is 9.59 Å². The number of thioether (sulfide) groups is 1. The van der Waals surface area contributed by atoms with Crippen LogP contribution in [0.2, 0.25) is 0 Å². The molecule has 0 fully saturated rings. The molecule has 6 heteroatoms. The maximum absolute atomic E-state index is 13.1. The van der Waals surface area contributed by atoms with Gasteiger partial charge in [0.2, 0.25) is 0 Å². The lowest BCUT2D eigenvalue weighted by Gasteiger charge is -2.15. The first-order valence-electron chi connectivity index (χ1n) is 8.71. The molecule has 0 saturated heterocycles. The molecule has 2 amide bonds. The molecule has 0 bridgehead atoms. The maximum atomic E-state index is 13.1. The second kappa shape index (κ2) is 8.41. The van der Waals surface area contributed by atoms with E-state index >= 15 is 0 Å². The van der Waals surface area contributed by atoms with E-state index in [-0.39, 0.29) is 24.5 Å². The smallest absolute Gasteiger partial charge is 0.272 e. The van der Waals surface area contributed by atoms with Crippen LogP contribution in [0.5, 0.6) is 5.75 Å². The van der Waals surface area contributed by atoms with Crippen LogP contribution in [0, 0.1) is 0 Å². The van der Waals surface area contributed by atoms with Gasteiger partial charge in [-0.1, -0.05) is 30.3 Å². The lowest BCUT2D eigenvalue weighted by Crippen LogP contribution is -2.31. The molecule has 0 atom stereocenters. The van der Waals surface area contributed by atoms with Crippen LogP contribution in [0.3, 0.4) is 0 Å². The zero-order valence-electron chi connectivity index (χ0n) is 15.2. The Bertz CT molecular complexity index is 860. The van der Waals surface area contributed by atoms with Gasteiger partial charge in [0.1, 0.15) is 5.75 Å². The number of para-hydroxylation sites is 1. The molecular weight excluding hydrogens is 362 g/mol. The summed E-state index contributed by atoms with van der Waals surface area (Å²) in [7, 11) is 0. The van der Waals surface area contributed by atoms with E-state index in [4.69, 9.17) is 9.84 Å². The van der Waals surface area contributed by atoms with Crippen molar-refractivity contribution in [3.63, 3.8) is 0 Å². The van der Waals surface area contributed by atoms with Crippen molar-refractivity contribution in [3.8, 4) is 5.75 Å². The molecule has 0 aliphatic carbocycles.